The number of rotatable bonds is 3. The summed E-state index contributed by atoms with van der Waals surface area (Å²) < 4.78 is 32.0. The molecule has 0 saturated heterocycles. The molecule has 126 valence electrons. The highest BCUT2D eigenvalue weighted by Crippen LogP contribution is 2.25. The second-order valence-electron chi connectivity index (χ2n) is 5.77. The van der Waals surface area contributed by atoms with Gasteiger partial charge < -0.3 is 4.74 Å². The number of fused-ring (bicyclic) bond motifs is 2. The molecule has 2 aromatic carbocycles. The summed E-state index contributed by atoms with van der Waals surface area (Å²) in [5.41, 5.74) is 1.97. The molecule has 0 aliphatic carbocycles. The van der Waals surface area contributed by atoms with Gasteiger partial charge in [-0.2, -0.15) is 13.5 Å². The van der Waals surface area contributed by atoms with Crippen molar-refractivity contribution in [1.29, 1.82) is 0 Å². The molecule has 0 radical (unpaired) electrons. The molecule has 0 unspecified atom stereocenters. The second kappa shape index (κ2) is 5.56. The maximum absolute atomic E-state index is 12.9. The van der Waals surface area contributed by atoms with Crippen LogP contribution in [0.25, 0.3) is 21.9 Å². The summed E-state index contributed by atoms with van der Waals surface area (Å²) in [6.45, 7) is 1.90. The number of nitrogens with zero attached hydrogens (tertiary/aromatic N) is 3. The van der Waals surface area contributed by atoms with Crippen molar-refractivity contribution in [2.24, 2.45) is 0 Å². The van der Waals surface area contributed by atoms with E-state index in [4.69, 9.17) is 4.74 Å². The van der Waals surface area contributed by atoms with Crippen LogP contribution >= 0.6 is 0 Å². The topological polar surface area (TPSA) is 74.1 Å². The average molecular weight is 353 g/mol. The van der Waals surface area contributed by atoms with E-state index in [0.29, 0.717) is 22.3 Å². The van der Waals surface area contributed by atoms with E-state index in [1.54, 1.807) is 43.5 Å². The third kappa shape index (κ3) is 2.53. The minimum absolute atomic E-state index is 0.180. The van der Waals surface area contributed by atoms with Crippen molar-refractivity contribution in [2.45, 2.75) is 11.8 Å². The van der Waals surface area contributed by atoms with Crippen LogP contribution in [0.2, 0.25) is 0 Å². The zero-order valence-electron chi connectivity index (χ0n) is 13.7. The van der Waals surface area contributed by atoms with Crippen LogP contribution in [0.1, 0.15) is 5.56 Å². The molecule has 0 amide bonds. The van der Waals surface area contributed by atoms with Crippen molar-refractivity contribution in [2.75, 3.05) is 7.11 Å². The average Bonchev–Trinajstić information content (AvgIpc) is 3.03. The number of ether oxygens (including phenoxy) is 1. The fourth-order valence-electron chi connectivity index (χ4n) is 2.69. The molecule has 0 atom stereocenters. The van der Waals surface area contributed by atoms with E-state index in [1.807, 2.05) is 19.1 Å². The molecule has 6 nitrogen and oxygen atoms in total. The molecule has 2 heterocycles. The summed E-state index contributed by atoms with van der Waals surface area (Å²) in [6, 6.07) is 14.0. The fourth-order valence-corrected chi connectivity index (χ4v) is 3.92. The summed E-state index contributed by atoms with van der Waals surface area (Å²) in [7, 11) is -2.21. The van der Waals surface area contributed by atoms with Gasteiger partial charge in [-0.05, 0) is 43.3 Å². The van der Waals surface area contributed by atoms with E-state index in [1.165, 1.54) is 6.20 Å². The minimum Gasteiger partial charge on any atom is -0.497 e. The Morgan fingerprint density at radius 2 is 1.76 bits per heavy atom. The molecule has 0 bridgehead atoms. The first-order chi connectivity index (χ1) is 12.0. The van der Waals surface area contributed by atoms with Gasteiger partial charge in [-0.1, -0.05) is 17.7 Å². The van der Waals surface area contributed by atoms with Gasteiger partial charge in [0.25, 0.3) is 10.0 Å². The Morgan fingerprint density at radius 1 is 1.00 bits per heavy atom. The smallest absolute Gasteiger partial charge is 0.284 e. The van der Waals surface area contributed by atoms with Crippen LogP contribution in [0, 0.1) is 6.92 Å². The molecule has 0 saturated carbocycles. The lowest BCUT2D eigenvalue weighted by molar-refractivity contribution is 0.415. The summed E-state index contributed by atoms with van der Waals surface area (Å²) >= 11 is 0. The van der Waals surface area contributed by atoms with Crippen LogP contribution < -0.4 is 4.74 Å². The Kier molecular flexibility index (Phi) is 3.47. The number of hydrogen-bond donors (Lipinski definition) is 0. The van der Waals surface area contributed by atoms with Crippen molar-refractivity contribution in [1.82, 2.24) is 14.2 Å². The Labute approximate surface area is 144 Å². The molecule has 0 fully saturated rings. The predicted molar refractivity (Wildman–Crippen MR) is 95.3 cm³/mol. The first-order valence-corrected chi connectivity index (χ1v) is 9.08. The predicted octanol–water partition coefficient (Wildman–Crippen LogP) is 3.14. The van der Waals surface area contributed by atoms with E-state index in [0.717, 1.165) is 15.0 Å². The third-order valence-corrected chi connectivity index (χ3v) is 5.65. The Balaban J connectivity index is 1.93. The second-order valence-corrected chi connectivity index (χ2v) is 7.53. The van der Waals surface area contributed by atoms with Crippen LogP contribution in [0.5, 0.6) is 5.75 Å². The lowest BCUT2D eigenvalue weighted by Gasteiger charge is -2.07. The van der Waals surface area contributed by atoms with Crippen molar-refractivity contribution < 1.29 is 13.2 Å². The molecule has 7 heteroatoms. The number of methoxy groups -OCH3 is 1. The lowest BCUT2D eigenvalue weighted by atomic mass is 10.2. The maximum Gasteiger partial charge on any atom is 0.284 e. The molecule has 2 aromatic heterocycles. The SMILES string of the molecule is COc1ccc2nc3c(cnn3S(=O)(=O)c3ccc(C)cc3)cc2c1. The molecule has 25 heavy (non-hydrogen) atoms. The third-order valence-electron chi connectivity index (χ3n) is 4.06. The van der Waals surface area contributed by atoms with Gasteiger partial charge in [-0.25, -0.2) is 4.98 Å². The number of hydrogen-bond acceptors (Lipinski definition) is 5. The molecular formula is C18H15N3O3S. The monoisotopic (exact) mass is 353 g/mol. The molecule has 0 N–H and O–H groups in total. The Morgan fingerprint density at radius 3 is 2.48 bits per heavy atom. The van der Waals surface area contributed by atoms with Crippen LogP contribution in [0.3, 0.4) is 0 Å². The highest BCUT2D eigenvalue weighted by Gasteiger charge is 2.21. The van der Waals surface area contributed by atoms with Gasteiger partial charge >= 0.3 is 0 Å². The zero-order valence-corrected chi connectivity index (χ0v) is 14.5. The van der Waals surface area contributed by atoms with E-state index in [2.05, 4.69) is 10.1 Å². The molecule has 4 aromatic rings. The number of aromatic nitrogens is 3. The van der Waals surface area contributed by atoms with Gasteiger partial charge in [-0.15, -0.1) is 4.09 Å². The van der Waals surface area contributed by atoms with Crippen molar-refractivity contribution in [3.63, 3.8) is 0 Å². The van der Waals surface area contributed by atoms with Crippen molar-refractivity contribution in [3.05, 3.63) is 60.3 Å². The minimum atomic E-state index is -3.80. The van der Waals surface area contributed by atoms with Gasteiger partial charge in [0.2, 0.25) is 0 Å². The standard InChI is InChI=1S/C18H15N3O3S/c1-12-3-6-16(7-4-12)25(22,23)21-18-14(11-19-21)9-13-10-15(24-2)5-8-17(13)20-18/h3-11H,1-2H3. The van der Waals surface area contributed by atoms with Crippen LogP contribution in [0.4, 0.5) is 0 Å². The van der Waals surface area contributed by atoms with Crippen LogP contribution in [-0.2, 0) is 10.0 Å². The molecular weight excluding hydrogens is 338 g/mol. The summed E-state index contributed by atoms with van der Waals surface area (Å²) in [5, 5.41) is 5.58. The van der Waals surface area contributed by atoms with Crippen LogP contribution in [0.15, 0.2) is 59.6 Å². The largest absolute Gasteiger partial charge is 0.497 e. The highest BCUT2D eigenvalue weighted by atomic mass is 32.2. The van der Waals surface area contributed by atoms with Crippen molar-refractivity contribution in [3.8, 4) is 5.75 Å². The quantitative estimate of drug-likeness (QED) is 0.566. The van der Waals surface area contributed by atoms with Crippen LogP contribution in [-0.4, -0.2) is 29.7 Å². The molecule has 4 rings (SSSR count). The van der Waals surface area contributed by atoms with Gasteiger partial charge in [0, 0.05) is 10.8 Å². The van der Waals surface area contributed by atoms with Gasteiger partial charge in [-0.3, -0.25) is 0 Å². The van der Waals surface area contributed by atoms with Gasteiger partial charge in [0.15, 0.2) is 5.65 Å². The molecule has 0 spiro atoms. The maximum atomic E-state index is 12.9. The molecule has 0 aliphatic heterocycles. The van der Waals surface area contributed by atoms with Crippen molar-refractivity contribution >= 4 is 32.0 Å². The Hall–Kier alpha value is -2.93. The molecule has 0 aliphatic rings. The Bertz CT molecular complexity index is 1200. The number of benzene rings is 2. The first-order valence-electron chi connectivity index (χ1n) is 7.64. The lowest BCUT2D eigenvalue weighted by Crippen LogP contribution is -2.15. The fraction of sp³-hybridized carbons (Fsp3) is 0.111. The number of aryl methyl sites for hydroxylation is 1. The zero-order chi connectivity index (χ0) is 17.6. The normalized spacial score (nSPS) is 11.9. The highest BCUT2D eigenvalue weighted by molar-refractivity contribution is 7.90. The van der Waals surface area contributed by atoms with E-state index in [-0.39, 0.29) is 4.90 Å². The number of pyridine rings is 1. The van der Waals surface area contributed by atoms with Gasteiger partial charge in [0.05, 0.1) is 23.7 Å². The van der Waals surface area contributed by atoms with Gasteiger partial charge in [0.1, 0.15) is 5.75 Å². The summed E-state index contributed by atoms with van der Waals surface area (Å²) in [4.78, 5) is 4.67. The summed E-state index contributed by atoms with van der Waals surface area (Å²) in [6.07, 6.45) is 1.51. The van der Waals surface area contributed by atoms with E-state index < -0.39 is 10.0 Å². The van der Waals surface area contributed by atoms with E-state index >= 15 is 0 Å². The first kappa shape index (κ1) is 15.6. The van der Waals surface area contributed by atoms with E-state index in [9.17, 15) is 8.42 Å². The summed E-state index contributed by atoms with van der Waals surface area (Å²) in [5.74, 6) is 0.716.